The zero-order valence-electron chi connectivity index (χ0n) is 6.33. The fourth-order valence-electron chi connectivity index (χ4n) is 0.453. The summed E-state index contributed by atoms with van der Waals surface area (Å²) < 4.78 is 0. The Morgan fingerprint density at radius 1 is 1.70 bits per heavy atom. The molecule has 1 unspecified atom stereocenters. The maximum absolute atomic E-state index is 10.9. The van der Waals surface area contributed by atoms with E-state index in [1.165, 1.54) is 5.37 Å². The van der Waals surface area contributed by atoms with E-state index in [-0.39, 0.29) is 11.7 Å². The molecule has 0 fully saturated rings. The number of carbonyl (C=O) groups excluding carboxylic acids is 1. The van der Waals surface area contributed by atoms with E-state index in [9.17, 15) is 4.79 Å². The first kappa shape index (κ1) is 9.50. The lowest BCUT2D eigenvalue weighted by Gasteiger charge is -1.95. The lowest BCUT2D eigenvalue weighted by molar-refractivity contribution is -0.115. The summed E-state index contributed by atoms with van der Waals surface area (Å²) in [7, 11) is 0. The number of rotatable bonds is 4. The van der Waals surface area contributed by atoms with E-state index in [1.54, 1.807) is 13.0 Å². The summed E-state index contributed by atoms with van der Waals surface area (Å²) in [5.74, 6) is -0.0188. The third-order valence-electron chi connectivity index (χ3n) is 1.17. The SMILES string of the molecule is CC/C=C\C(=O)C(C)C=S. The zero-order chi connectivity index (χ0) is 7.98. The van der Waals surface area contributed by atoms with Crippen molar-refractivity contribution in [3.8, 4) is 0 Å². The van der Waals surface area contributed by atoms with Crippen LogP contribution in [0.25, 0.3) is 0 Å². The molecule has 1 nitrogen and oxygen atoms in total. The van der Waals surface area contributed by atoms with Gasteiger partial charge in [0.25, 0.3) is 0 Å². The Labute approximate surface area is 67.1 Å². The molecular formula is C8H12OS. The maximum atomic E-state index is 10.9. The molecule has 0 aromatic rings. The minimum Gasteiger partial charge on any atom is -0.294 e. The Bertz CT molecular complexity index is 149. The number of thiocarbonyl (C=S) groups is 1. The summed E-state index contributed by atoms with van der Waals surface area (Å²) in [4.78, 5) is 10.9. The van der Waals surface area contributed by atoms with E-state index in [2.05, 4.69) is 12.2 Å². The summed E-state index contributed by atoms with van der Waals surface area (Å²) in [6.45, 7) is 3.79. The quantitative estimate of drug-likeness (QED) is 0.458. The second kappa shape index (κ2) is 5.30. The first-order valence-corrected chi connectivity index (χ1v) is 3.85. The fraction of sp³-hybridized carbons (Fsp3) is 0.500. The number of hydrogen-bond donors (Lipinski definition) is 0. The highest BCUT2D eigenvalue weighted by molar-refractivity contribution is 7.79. The van der Waals surface area contributed by atoms with E-state index in [4.69, 9.17) is 0 Å². The summed E-state index contributed by atoms with van der Waals surface area (Å²) in [6.07, 6.45) is 4.33. The van der Waals surface area contributed by atoms with Crippen LogP contribution in [0.2, 0.25) is 0 Å². The van der Waals surface area contributed by atoms with Crippen LogP contribution in [-0.4, -0.2) is 11.2 Å². The normalized spacial score (nSPS) is 13.4. The number of carbonyl (C=O) groups is 1. The summed E-state index contributed by atoms with van der Waals surface area (Å²) in [5.41, 5.74) is 0. The van der Waals surface area contributed by atoms with Gasteiger partial charge in [0.1, 0.15) is 0 Å². The largest absolute Gasteiger partial charge is 0.294 e. The second-order valence-electron chi connectivity index (χ2n) is 2.14. The molecular weight excluding hydrogens is 144 g/mol. The average Bonchev–Trinajstić information content (AvgIpc) is 1.98. The zero-order valence-corrected chi connectivity index (χ0v) is 7.15. The molecule has 0 spiro atoms. The Balaban J connectivity index is 3.84. The van der Waals surface area contributed by atoms with Crippen molar-refractivity contribution in [2.24, 2.45) is 5.92 Å². The van der Waals surface area contributed by atoms with Gasteiger partial charge in [-0.3, -0.25) is 4.79 Å². The molecule has 1 atom stereocenters. The van der Waals surface area contributed by atoms with Crippen molar-refractivity contribution in [1.29, 1.82) is 0 Å². The Morgan fingerprint density at radius 3 is 2.70 bits per heavy atom. The summed E-state index contributed by atoms with van der Waals surface area (Å²) in [5, 5.41) is 1.49. The molecule has 0 amide bonds. The van der Waals surface area contributed by atoms with Gasteiger partial charge in [-0.05, 0) is 17.9 Å². The van der Waals surface area contributed by atoms with E-state index < -0.39 is 0 Å². The van der Waals surface area contributed by atoms with Gasteiger partial charge in [0, 0.05) is 5.92 Å². The van der Waals surface area contributed by atoms with Crippen molar-refractivity contribution in [1.82, 2.24) is 0 Å². The topological polar surface area (TPSA) is 17.1 Å². The third-order valence-corrected chi connectivity index (χ3v) is 1.58. The molecule has 0 aromatic carbocycles. The second-order valence-corrected chi connectivity index (χ2v) is 2.41. The van der Waals surface area contributed by atoms with E-state index in [0.29, 0.717) is 0 Å². The van der Waals surface area contributed by atoms with Crippen LogP contribution in [-0.2, 0) is 4.79 Å². The van der Waals surface area contributed by atoms with Crippen LogP contribution in [0.4, 0.5) is 0 Å². The minimum atomic E-state index is -0.113. The van der Waals surface area contributed by atoms with Crippen molar-refractivity contribution in [3.63, 3.8) is 0 Å². The molecule has 0 saturated carbocycles. The van der Waals surface area contributed by atoms with Crippen LogP contribution in [0.3, 0.4) is 0 Å². The van der Waals surface area contributed by atoms with Crippen molar-refractivity contribution in [2.75, 3.05) is 0 Å². The minimum absolute atomic E-state index is 0.0943. The first-order valence-electron chi connectivity index (χ1n) is 3.38. The monoisotopic (exact) mass is 156 g/mol. The van der Waals surface area contributed by atoms with Gasteiger partial charge in [-0.15, -0.1) is 0 Å². The highest BCUT2D eigenvalue weighted by atomic mass is 32.1. The van der Waals surface area contributed by atoms with Crippen molar-refractivity contribution >= 4 is 23.4 Å². The molecule has 0 aliphatic heterocycles. The molecule has 0 rings (SSSR count). The van der Waals surface area contributed by atoms with Gasteiger partial charge in [0.05, 0.1) is 0 Å². The fourth-order valence-corrected chi connectivity index (χ4v) is 0.587. The van der Waals surface area contributed by atoms with Crippen LogP contribution in [0.5, 0.6) is 0 Å². The first-order chi connectivity index (χ1) is 4.72. The average molecular weight is 156 g/mol. The molecule has 0 heterocycles. The molecule has 0 radical (unpaired) electrons. The van der Waals surface area contributed by atoms with Crippen molar-refractivity contribution in [3.05, 3.63) is 12.2 Å². The van der Waals surface area contributed by atoms with Gasteiger partial charge in [-0.1, -0.05) is 32.1 Å². The molecule has 0 bridgehead atoms. The van der Waals surface area contributed by atoms with Crippen LogP contribution in [0, 0.1) is 5.92 Å². The van der Waals surface area contributed by atoms with E-state index in [1.807, 2.05) is 13.0 Å². The standard InChI is InChI=1S/C8H12OS/c1-3-4-5-8(9)7(2)6-10/h4-7H,3H2,1-2H3/b5-4-. The predicted molar refractivity (Wildman–Crippen MR) is 47.3 cm³/mol. The molecule has 10 heavy (non-hydrogen) atoms. The van der Waals surface area contributed by atoms with Crippen LogP contribution in [0.1, 0.15) is 20.3 Å². The molecule has 0 aliphatic carbocycles. The van der Waals surface area contributed by atoms with Crippen molar-refractivity contribution < 1.29 is 4.79 Å². The van der Waals surface area contributed by atoms with E-state index >= 15 is 0 Å². The number of ketones is 1. The van der Waals surface area contributed by atoms with Gasteiger partial charge in [0.15, 0.2) is 5.78 Å². The molecule has 0 N–H and O–H groups in total. The molecule has 0 aliphatic rings. The van der Waals surface area contributed by atoms with Gasteiger partial charge in [-0.25, -0.2) is 0 Å². The van der Waals surface area contributed by atoms with Gasteiger partial charge >= 0.3 is 0 Å². The Hall–Kier alpha value is -0.500. The summed E-state index contributed by atoms with van der Waals surface area (Å²) in [6, 6.07) is 0. The highest BCUT2D eigenvalue weighted by Gasteiger charge is 2.03. The number of hydrogen-bond acceptors (Lipinski definition) is 2. The summed E-state index contributed by atoms with van der Waals surface area (Å²) >= 11 is 4.62. The predicted octanol–water partition coefficient (Wildman–Crippen LogP) is 2.16. The Kier molecular flexibility index (Phi) is 5.03. The van der Waals surface area contributed by atoms with Crippen LogP contribution in [0.15, 0.2) is 12.2 Å². The Morgan fingerprint density at radius 2 is 2.30 bits per heavy atom. The maximum Gasteiger partial charge on any atom is 0.162 e. The highest BCUT2D eigenvalue weighted by Crippen LogP contribution is 1.95. The third kappa shape index (κ3) is 3.51. The molecule has 2 heteroatoms. The van der Waals surface area contributed by atoms with Gasteiger partial charge in [0.2, 0.25) is 0 Å². The van der Waals surface area contributed by atoms with Gasteiger partial charge in [-0.2, -0.15) is 0 Å². The lowest BCUT2D eigenvalue weighted by Crippen LogP contribution is -2.07. The molecule has 0 aromatic heterocycles. The van der Waals surface area contributed by atoms with Gasteiger partial charge < -0.3 is 0 Å². The molecule has 0 saturated heterocycles. The van der Waals surface area contributed by atoms with Crippen LogP contribution >= 0.6 is 12.2 Å². The van der Waals surface area contributed by atoms with Crippen LogP contribution < -0.4 is 0 Å². The number of allylic oxidation sites excluding steroid dienone is 2. The molecule has 56 valence electrons. The van der Waals surface area contributed by atoms with Crippen molar-refractivity contribution in [2.45, 2.75) is 20.3 Å². The smallest absolute Gasteiger partial charge is 0.162 e. The lowest BCUT2D eigenvalue weighted by atomic mass is 10.1. The van der Waals surface area contributed by atoms with E-state index in [0.717, 1.165) is 6.42 Å².